The van der Waals surface area contributed by atoms with E-state index in [1.165, 1.54) is 24.1 Å². The van der Waals surface area contributed by atoms with Crippen LogP contribution >= 0.6 is 0 Å². The van der Waals surface area contributed by atoms with Gasteiger partial charge in [-0.3, -0.25) is 9.69 Å². The van der Waals surface area contributed by atoms with Crippen LogP contribution in [-0.4, -0.2) is 79.9 Å². The highest BCUT2D eigenvalue weighted by Crippen LogP contribution is 2.32. The number of hydrogen-bond donors (Lipinski definition) is 2. The number of carbonyl (C=O) groups excluding carboxylic acids is 1. The molecule has 7 heteroatoms. The van der Waals surface area contributed by atoms with Gasteiger partial charge in [0, 0.05) is 31.7 Å². The number of ether oxygens (including phenoxy) is 2. The van der Waals surface area contributed by atoms with Gasteiger partial charge in [-0.05, 0) is 81.9 Å². The molecule has 0 aliphatic carbocycles. The fraction of sp³-hybridized carbons (Fsp3) is 0.531. The molecule has 2 saturated heterocycles. The van der Waals surface area contributed by atoms with Gasteiger partial charge in [-0.25, -0.2) is 0 Å². The van der Waals surface area contributed by atoms with Crippen LogP contribution in [0.2, 0.25) is 0 Å². The van der Waals surface area contributed by atoms with E-state index >= 15 is 0 Å². The number of hydrogen-bond acceptors (Lipinski definition) is 6. The fourth-order valence-electron chi connectivity index (χ4n) is 6.20. The van der Waals surface area contributed by atoms with Crippen LogP contribution < -0.4 is 20.1 Å². The van der Waals surface area contributed by atoms with E-state index in [0.29, 0.717) is 18.6 Å². The minimum atomic E-state index is -0.0830. The molecular formula is C32H44N4O3. The van der Waals surface area contributed by atoms with Crippen molar-refractivity contribution in [3.05, 3.63) is 65.2 Å². The van der Waals surface area contributed by atoms with Gasteiger partial charge in [0.2, 0.25) is 12.7 Å². The van der Waals surface area contributed by atoms with Crippen LogP contribution in [0.3, 0.4) is 0 Å². The smallest absolute Gasteiger partial charge is 0.237 e. The Bertz CT molecular complexity index is 1110. The summed E-state index contributed by atoms with van der Waals surface area (Å²) >= 11 is 0. The van der Waals surface area contributed by atoms with E-state index in [1.807, 2.05) is 18.2 Å². The van der Waals surface area contributed by atoms with Crippen LogP contribution in [0, 0.1) is 0 Å². The van der Waals surface area contributed by atoms with Crippen molar-refractivity contribution < 1.29 is 14.3 Å². The molecule has 2 aromatic rings. The summed E-state index contributed by atoms with van der Waals surface area (Å²) in [5, 5.41) is 7.02. The largest absolute Gasteiger partial charge is 0.454 e. The molecule has 3 aliphatic rings. The van der Waals surface area contributed by atoms with Crippen LogP contribution in [0.4, 0.5) is 0 Å². The molecule has 39 heavy (non-hydrogen) atoms. The second-order valence-electron chi connectivity index (χ2n) is 11.2. The fourth-order valence-corrected chi connectivity index (χ4v) is 6.20. The van der Waals surface area contributed by atoms with E-state index < -0.39 is 0 Å². The summed E-state index contributed by atoms with van der Waals surface area (Å²) < 4.78 is 10.9. The lowest BCUT2D eigenvalue weighted by molar-refractivity contribution is -0.126. The Hall–Kier alpha value is -2.87. The summed E-state index contributed by atoms with van der Waals surface area (Å²) in [7, 11) is 0. The molecule has 0 radical (unpaired) electrons. The average molecular weight is 533 g/mol. The molecule has 2 aromatic carbocycles. The van der Waals surface area contributed by atoms with Gasteiger partial charge in [0.1, 0.15) is 0 Å². The maximum absolute atomic E-state index is 13.5. The molecule has 1 amide bonds. The topological polar surface area (TPSA) is 66.1 Å². The number of carbonyl (C=O) groups is 1. The lowest BCUT2D eigenvalue weighted by Crippen LogP contribution is -2.51. The first-order valence-electron chi connectivity index (χ1n) is 14.7. The zero-order chi connectivity index (χ0) is 27.0. The Balaban J connectivity index is 1.18. The van der Waals surface area contributed by atoms with Gasteiger partial charge in [-0.2, -0.15) is 0 Å². The third-order valence-electron chi connectivity index (χ3n) is 8.24. The van der Waals surface area contributed by atoms with E-state index in [-0.39, 0.29) is 18.7 Å². The average Bonchev–Trinajstić information content (AvgIpc) is 3.60. The molecule has 0 saturated carbocycles. The molecule has 210 valence electrons. The van der Waals surface area contributed by atoms with E-state index in [1.54, 1.807) is 0 Å². The van der Waals surface area contributed by atoms with Gasteiger partial charge >= 0.3 is 0 Å². The molecule has 2 N–H and O–H groups in total. The van der Waals surface area contributed by atoms with Crippen molar-refractivity contribution in [3.8, 4) is 11.5 Å². The first-order valence-corrected chi connectivity index (χ1v) is 14.7. The number of benzene rings is 2. The second kappa shape index (κ2) is 13.5. The number of nitrogens with zero attached hydrogens (tertiary/aromatic N) is 2. The molecule has 0 bridgehead atoms. The lowest BCUT2D eigenvalue weighted by atomic mass is 10.0. The molecule has 2 atom stereocenters. The number of fused-ring (bicyclic) bond motifs is 1. The predicted octanol–water partition coefficient (Wildman–Crippen LogP) is 4.08. The number of likely N-dealkylation sites (tertiary alicyclic amines) is 2. The number of nitrogens with one attached hydrogen (secondary N) is 2. The Morgan fingerprint density at radius 1 is 1.08 bits per heavy atom. The minimum absolute atomic E-state index is 0.0830. The summed E-state index contributed by atoms with van der Waals surface area (Å²) in [6.07, 6.45) is 7.34. The Morgan fingerprint density at radius 2 is 1.87 bits per heavy atom. The Kier molecular flexibility index (Phi) is 9.56. The molecule has 0 aromatic heterocycles. The molecule has 7 nitrogen and oxygen atoms in total. The SMILES string of the molecule is CCCN1CCC(N2C[C@@H](NC/C(C)=C/c3ccccc3)C[C@H]2C(=O)NCCc2ccc3c(c2)OCO3)CC1. The third-order valence-corrected chi connectivity index (χ3v) is 8.24. The number of rotatable bonds is 11. The maximum Gasteiger partial charge on any atom is 0.237 e. The minimum Gasteiger partial charge on any atom is -0.454 e. The molecule has 0 spiro atoms. The molecule has 2 fully saturated rings. The summed E-state index contributed by atoms with van der Waals surface area (Å²) in [6.45, 7) is 10.5. The summed E-state index contributed by atoms with van der Waals surface area (Å²) in [4.78, 5) is 18.6. The molecular weight excluding hydrogens is 488 g/mol. The highest BCUT2D eigenvalue weighted by Gasteiger charge is 2.40. The number of amides is 1. The van der Waals surface area contributed by atoms with Crippen LogP contribution in [0.5, 0.6) is 11.5 Å². The van der Waals surface area contributed by atoms with Crippen LogP contribution in [-0.2, 0) is 11.2 Å². The normalized spacial score (nSPS) is 22.4. The molecule has 3 aliphatic heterocycles. The van der Waals surface area contributed by atoms with Crippen LogP contribution in [0.1, 0.15) is 50.7 Å². The quantitative estimate of drug-likeness (QED) is 0.455. The first kappa shape index (κ1) is 27.7. The maximum atomic E-state index is 13.5. The molecule has 3 heterocycles. The van der Waals surface area contributed by atoms with Crippen LogP contribution in [0.25, 0.3) is 6.08 Å². The van der Waals surface area contributed by atoms with Crippen molar-refractivity contribution in [2.75, 3.05) is 46.1 Å². The van der Waals surface area contributed by atoms with Crippen molar-refractivity contribution in [1.29, 1.82) is 0 Å². The predicted molar refractivity (Wildman–Crippen MR) is 156 cm³/mol. The standard InChI is InChI=1S/C32H44N4O3/c1-3-15-35-16-12-28(13-17-35)36-22-27(34-21-24(2)18-25-7-5-4-6-8-25)20-29(36)32(37)33-14-11-26-9-10-30-31(19-26)39-23-38-30/h4-10,18-19,27-29,34H,3,11-17,20-23H2,1-2H3,(H,33,37)/b24-18+/t27-,29-/m0/s1. The number of piperidine rings is 1. The summed E-state index contributed by atoms with van der Waals surface area (Å²) in [5.41, 5.74) is 3.67. The van der Waals surface area contributed by atoms with E-state index in [2.05, 4.69) is 70.7 Å². The second-order valence-corrected chi connectivity index (χ2v) is 11.2. The highest BCUT2D eigenvalue weighted by molar-refractivity contribution is 5.82. The van der Waals surface area contributed by atoms with Crippen molar-refractivity contribution >= 4 is 12.0 Å². The van der Waals surface area contributed by atoms with E-state index in [0.717, 1.165) is 68.9 Å². The van der Waals surface area contributed by atoms with Gasteiger partial charge in [0.05, 0.1) is 6.04 Å². The molecule has 5 rings (SSSR count). The first-order chi connectivity index (χ1) is 19.1. The Labute approximate surface area is 233 Å². The van der Waals surface area contributed by atoms with Gasteiger partial charge < -0.3 is 25.0 Å². The third kappa shape index (κ3) is 7.41. The highest BCUT2D eigenvalue weighted by atomic mass is 16.7. The molecule has 0 unspecified atom stereocenters. The van der Waals surface area contributed by atoms with Gasteiger partial charge in [-0.15, -0.1) is 0 Å². The summed E-state index contributed by atoms with van der Waals surface area (Å²) in [5.74, 6) is 1.75. The monoisotopic (exact) mass is 532 g/mol. The van der Waals surface area contributed by atoms with Crippen LogP contribution in [0.15, 0.2) is 54.1 Å². The summed E-state index contributed by atoms with van der Waals surface area (Å²) in [6, 6.07) is 17.2. The zero-order valence-corrected chi connectivity index (χ0v) is 23.5. The zero-order valence-electron chi connectivity index (χ0n) is 23.5. The van der Waals surface area contributed by atoms with Gasteiger partial charge in [0.15, 0.2) is 11.5 Å². The Morgan fingerprint density at radius 3 is 2.67 bits per heavy atom. The van der Waals surface area contributed by atoms with Crippen molar-refractivity contribution in [2.24, 2.45) is 0 Å². The van der Waals surface area contributed by atoms with Gasteiger partial charge in [-0.1, -0.05) is 55.0 Å². The van der Waals surface area contributed by atoms with Crippen molar-refractivity contribution in [2.45, 2.75) is 64.1 Å². The lowest BCUT2D eigenvalue weighted by Gasteiger charge is -2.39. The van der Waals surface area contributed by atoms with Gasteiger partial charge in [0.25, 0.3) is 0 Å². The van der Waals surface area contributed by atoms with Crippen molar-refractivity contribution in [3.63, 3.8) is 0 Å². The van der Waals surface area contributed by atoms with E-state index in [9.17, 15) is 4.79 Å². The van der Waals surface area contributed by atoms with E-state index in [4.69, 9.17) is 9.47 Å². The van der Waals surface area contributed by atoms with Crippen molar-refractivity contribution in [1.82, 2.24) is 20.4 Å².